The predicted molar refractivity (Wildman–Crippen MR) is 119 cm³/mol. The van der Waals surface area contributed by atoms with E-state index in [0.29, 0.717) is 36.7 Å². The van der Waals surface area contributed by atoms with Crippen LogP contribution in [0.25, 0.3) is 0 Å². The third-order valence-electron chi connectivity index (χ3n) is 5.43. The van der Waals surface area contributed by atoms with Crippen LogP contribution in [0, 0.1) is 5.92 Å². The molecular weight excluding hydrogens is 410 g/mol. The maximum Gasteiger partial charge on any atom is 0.248 e. The van der Waals surface area contributed by atoms with Gasteiger partial charge in [-0.1, -0.05) is 24.3 Å². The first-order valence-electron chi connectivity index (χ1n) is 10.4. The van der Waals surface area contributed by atoms with Crippen LogP contribution < -0.4 is 19.7 Å². The molecule has 0 saturated carbocycles. The van der Waals surface area contributed by atoms with Crippen LogP contribution >= 0.6 is 0 Å². The van der Waals surface area contributed by atoms with E-state index in [-0.39, 0.29) is 24.2 Å². The molecule has 9 heteroatoms. The largest absolute Gasteiger partial charge is 0.493 e. The summed E-state index contributed by atoms with van der Waals surface area (Å²) in [6, 6.07) is 15.1. The van der Waals surface area contributed by atoms with Crippen LogP contribution in [0.5, 0.6) is 11.5 Å². The van der Waals surface area contributed by atoms with Gasteiger partial charge in [0.1, 0.15) is 5.82 Å². The lowest BCUT2D eigenvalue weighted by Gasteiger charge is -2.16. The summed E-state index contributed by atoms with van der Waals surface area (Å²) in [5.41, 5.74) is 1.86. The number of carbonyl (C=O) groups excluding carboxylic acids is 2. The van der Waals surface area contributed by atoms with E-state index in [1.54, 1.807) is 19.1 Å². The van der Waals surface area contributed by atoms with Gasteiger partial charge in [-0.05, 0) is 36.2 Å². The minimum Gasteiger partial charge on any atom is -0.493 e. The van der Waals surface area contributed by atoms with Crippen LogP contribution in [0.4, 0.5) is 11.6 Å². The van der Waals surface area contributed by atoms with Crippen molar-refractivity contribution in [3.05, 3.63) is 59.9 Å². The number of methoxy groups -OCH3 is 2. The molecule has 3 aromatic rings. The summed E-state index contributed by atoms with van der Waals surface area (Å²) in [5, 5.41) is 9.66. The smallest absolute Gasteiger partial charge is 0.248 e. The maximum atomic E-state index is 12.6. The number of anilines is 2. The summed E-state index contributed by atoms with van der Waals surface area (Å²) in [6.07, 6.45) is 1.49. The average Bonchev–Trinajstić information content (AvgIpc) is 3.44. The Morgan fingerprint density at radius 1 is 1.12 bits per heavy atom. The van der Waals surface area contributed by atoms with Crippen molar-refractivity contribution in [3.63, 3.8) is 0 Å². The third kappa shape index (κ3) is 4.72. The van der Waals surface area contributed by atoms with Crippen molar-refractivity contribution in [1.82, 2.24) is 15.2 Å². The Balaban J connectivity index is 1.32. The van der Waals surface area contributed by atoms with Crippen LogP contribution in [-0.4, -0.2) is 47.8 Å². The fourth-order valence-corrected chi connectivity index (χ4v) is 3.71. The van der Waals surface area contributed by atoms with Crippen molar-refractivity contribution in [1.29, 1.82) is 0 Å². The number of aryl methyl sites for hydroxylation is 2. The van der Waals surface area contributed by atoms with Gasteiger partial charge < -0.3 is 14.4 Å². The molecule has 1 aliphatic rings. The Labute approximate surface area is 185 Å². The van der Waals surface area contributed by atoms with Gasteiger partial charge >= 0.3 is 0 Å². The topological polar surface area (TPSA) is 109 Å². The van der Waals surface area contributed by atoms with Gasteiger partial charge in [0.05, 0.1) is 20.1 Å². The first-order chi connectivity index (χ1) is 15.6. The SMILES string of the molecule is COc1ccc(CCc2nc(NC(=O)[C@H]3CC(=O)N(c4ccccc4)C3)n[nH]2)cc1OC. The van der Waals surface area contributed by atoms with Crippen molar-refractivity contribution < 1.29 is 19.1 Å². The highest BCUT2D eigenvalue weighted by Crippen LogP contribution is 2.28. The Kier molecular flexibility index (Phi) is 6.34. The molecule has 2 N–H and O–H groups in total. The van der Waals surface area contributed by atoms with E-state index in [9.17, 15) is 9.59 Å². The molecule has 1 aliphatic heterocycles. The molecule has 166 valence electrons. The number of benzene rings is 2. The lowest BCUT2D eigenvalue weighted by molar-refractivity contribution is -0.122. The molecule has 0 unspecified atom stereocenters. The minimum absolute atomic E-state index is 0.0676. The monoisotopic (exact) mass is 435 g/mol. The number of ether oxygens (including phenoxy) is 2. The second-order valence-corrected chi connectivity index (χ2v) is 7.53. The first-order valence-corrected chi connectivity index (χ1v) is 10.4. The molecule has 9 nitrogen and oxygen atoms in total. The number of para-hydroxylation sites is 1. The number of hydrogen-bond acceptors (Lipinski definition) is 6. The molecule has 2 amide bonds. The van der Waals surface area contributed by atoms with Crippen molar-refractivity contribution >= 4 is 23.5 Å². The summed E-state index contributed by atoms with van der Waals surface area (Å²) in [7, 11) is 3.20. The average molecular weight is 435 g/mol. The number of nitrogens with zero attached hydrogens (tertiary/aromatic N) is 3. The Bertz CT molecular complexity index is 1100. The number of H-pyrrole nitrogens is 1. The number of hydrogen-bond donors (Lipinski definition) is 2. The van der Waals surface area contributed by atoms with E-state index in [0.717, 1.165) is 11.3 Å². The molecule has 2 aromatic carbocycles. The predicted octanol–water partition coefficient (Wildman–Crippen LogP) is 2.60. The molecule has 1 fully saturated rings. The maximum absolute atomic E-state index is 12.6. The second kappa shape index (κ2) is 9.51. The first kappa shape index (κ1) is 21.4. The molecule has 4 rings (SSSR count). The van der Waals surface area contributed by atoms with Crippen LogP contribution in [-0.2, 0) is 22.4 Å². The zero-order chi connectivity index (χ0) is 22.5. The van der Waals surface area contributed by atoms with E-state index in [1.165, 1.54) is 0 Å². The summed E-state index contributed by atoms with van der Waals surface area (Å²) in [6.45, 7) is 0.339. The van der Waals surface area contributed by atoms with Crippen molar-refractivity contribution in [2.24, 2.45) is 5.92 Å². The molecule has 0 spiro atoms. The molecule has 0 bridgehead atoms. The summed E-state index contributed by atoms with van der Waals surface area (Å²) >= 11 is 0. The Hall–Kier alpha value is -3.88. The van der Waals surface area contributed by atoms with Crippen molar-refractivity contribution in [3.8, 4) is 11.5 Å². The van der Waals surface area contributed by atoms with Gasteiger partial charge in [0.25, 0.3) is 0 Å². The number of rotatable bonds is 8. The van der Waals surface area contributed by atoms with E-state index < -0.39 is 5.92 Å². The summed E-state index contributed by atoms with van der Waals surface area (Å²) in [5.74, 6) is 1.44. The molecule has 0 aliphatic carbocycles. The number of amides is 2. The molecular formula is C23H25N5O4. The summed E-state index contributed by atoms with van der Waals surface area (Å²) in [4.78, 5) is 31.0. The fraction of sp³-hybridized carbons (Fsp3) is 0.304. The van der Waals surface area contributed by atoms with Gasteiger partial charge in [0, 0.05) is 25.1 Å². The molecule has 1 atom stereocenters. The van der Waals surface area contributed by atoms with Gasteiger partial charge in [0.2, 0.25) is 17.8 Å². The van der Waals surface area contributed by atoms with Crippen LogP contribution in [0.2, 0.25) is 0 Å². The van der Waals surface area contributed by atoms with Gasteiger partial charge in [-0.3, -0.25) is 20.0 Å². The van der Waals surface area contributed by atoms with E-state index in [4.69, 9.17) is 9.47 Å². The summed E-state index contributed by atoms with van der Waals surface area (Å²) < 4.78 is 10.6. The molecule has 32 heavy (non-hydrogen) atoms. The van der Waals surface area contributed by atoms with E-state index in [1.807, 2.05) is 48.5 Å². The normalized spacial score (nSPS) is 15.6. The quantitative estimate of drug-likeness (QED) is 0.563. The lowest BCUT2D eigenvalue weighted by atomic mass is 10.1. The highest BCUT2D eigenvalue weighted by Gasteiger charge is 2.35. The van der Waals surface area contributed by atoms with E-state index in [2.05, 4.69) is 20.5 Å². The lowest BCUT2D eigenvalue weighted by Crippen LogP contribution is -2.28. The molecule has 0 radical (unpaired) electrons. The Morgan fingerprint density at radius 3 is 2.66 bits per heavy atom. The highest BCUT2D eigenvalue weighted by molar-refractivity contribution is 6.03. The van der Waals surface area contributed by atoms with Crippen LogP contribution in [0.15, 0.2) is 48.5 Å². The number of aromatic amines is 1. The Morgan fingerprint density at radius 2 is 1.91 bits per heavy atom. The molecule has 1 saturated heterocycles. The van der Waals surface area contributed by atoms with E-state index >= 15 is 0 Å². The minimum atomic E-state index is -0.448. The number of carbonyl (C=O) groups is 2. The molecule has 2 heterocycles. The van der Waals surface area contributed by atoms with Crippen molar-refractivity contribution in [2.75, 3.05) is 31.0 Å². The van der Waals surface area contributed by atoms with Gasteiger partial charge in [-0.2, -0.15) is 4.98 Å². The van der Waals surface area contributed by atoms with Crippen LogP contribution in [0.1, 0.15) is 17.8 Å². The van der Waals surface area contributed by atoms with Crippen molar-refractivity contribution in [2.45, 2.75) is 19.3 Å². The zero-order valence-electron chi connectivity index (χ0n) is 18.0. The number of nitrogens with one attached hydrogen (secondary N) is 2. The van der Waals surface area contributed by atoms with Gasteiger partial charge in [0.15, 0.2) is 11.5 Å². The number of aromatic nitrogens is 3. The third-order valence-corrected chi connectivity index (χ3v) is 5.43. The van der Waals surface area contributed by atoms with Crippen LogP contribution in [0.3, 0.4) is 0 Å². The van der Waals surface area contributed by atoms with Gasteiger partial charge in [-0.25, -0.2) is 0 Å². The zero-order valence-corrected chi connectivity index (χ0v) is 18.0. The molecule has 1 aromatic heterocycles. The highest BCUT2D eigenvalue weighted by atomic mass is 16.5. The van der Waals surface area contributed by atoms with Gasteiger partial charge in [-0.15, -0.1) is 5.10 Å². The fourth-order valence-electron chi connectivity index (χ4n) is 3.71. The second-order valence-electron chi connectivity index (χ2n) is 7.53. The standard InChI is InChI=1S/C23H25N5O4/c1-31-18-10-8-15(12-19(18)32-2)9-11-20-24-23(27-26-20)25-22(30)16-13-21(29)28(14-16)17-6-4-3-5-7-17/h3-8,10,12,16H,9,11,13-14H2,1-2H3,(H2,24,25,26,27,30)/t16-/m0/s1.